The zero-order valence-corrected chi connectivity index (χ0v) is 14.4. The second-order valence-corrected chi connectivity index (χ2v) is 6.90. The second-order valence-electron chi connectivity index (χ2n) is 6.90. The number of piperazine rings is 1. The molecule has 0 saturated carbocycles. The zero-order chi connectivity index (χ0) is 16.7. The van der Waals surface area contributed by atoms with Crippen LogP contribution in [0.5, 0.6) is 0 Å². The number of benzene rings is 2. The molecule has 0 amide bonds. The lowest BCUT2D eigenvalue weighted by molar-refractivity contribution is -0.00118. The summed E-state index contributed by atoms with van der Waals surface area (Å²) in [6.45, 7) is 5.95. The molecule has 2 heterocycles. The average molecular weight is 323 g/mol. The van der Waals surface area contributed by atoms with Crippen molar-refractivity contribution in [2.24, 2.45) is 0 Å². The van der Waals surface area contributed by atoms with Crippen LogP contribution in [0.4, 0.5) is 0 Å². The molecule has 1 saturated heterocycles. The van der Waals surface area contributed by atoms with Crippen LogP contribution in [0.1, 0.15) is 13.1 Å². The smallest absolute Gasteiger partial charge is 0.113 e. The zero-order valence-electron chi connectivity index (χ0n) is 14.4. The highest BCUT2D eigenvalue weighted by atomic mass is 16.3. The minimum Gasteiger partial charge on any atom is -0.390 e. The fraction of sp³-hybridized carbons (Fsp3) is 0.400. The fourth-order valence-electron chi connectivity index (χ4n) is 4.01. The Balaban J connectivity index is 1.91. The van der Waals surface area contributed by atoms with Crippen LogP contribution >= 0.6 is 0 Å². The van der Waals surface area contributed by atoms with Crippen molar-refractivity contribution in [2.45, 2.75) is 19.2 Å². The number of aliphatic hydroxyl groups excluding tert-OH is 1. The van der Waals surface area contributed by atoms with Crippen molar-refractivity contribution >= 4 is 21.8 Å². The molecule has 3 aromatic rings. The molecular formula is C20H25N3O. The Kier molecular flexibility index (Phi) is 4.04. The molecule has 2 unspecified atom stereocenters. The van der Waals surface area contributed by atoms with E-state index in [0.717, 1.165) is 26.2 Å². The van der Waals surface area contributed by atoms with Crippen LogP contribution in [0.2, 0.25) is 0 Å². The normalized spacial score (nSPS) is 19.8. The first-order chi connectivity index (χ1) is 11.7. The summed E-state index contributed by atoms with van der Waals surface area (Å²) in [5.74, 6) is 0. The van der Waals surface area contributed by atoms with E-state index < -0.39 is 6.10 Å². The molecule has 4 heteroatoms. The summed E-state index contributed by atoms with van der Waals surface area (Å²) in [7, 11) is 2.16. The molecule has 1 aromatic heterocycles. The Morgan fingerprint density at radius 1 is 0.833 bits per heavy atom. The number of aliphatic hydroxyl groups is 1. The van der Waals surface area contributed by atoms with Crippen LogP contribution in [-0.2, 0) is 0 Å². The first kappa shape index (κ1) is 15.6. The van der Waals surface area contributed by atoms with Gasteiger partial charge in [0.25, 0.3) is 0 Å². The fourth-order valence-corrected chi connectivity index (χ4v) is 4.01. The van der Waals surface area contributed by atoms with E-state index >= 15 is 0 Å². The number of hydrogen-bond donors (Lipinski definition) is 1. The van der Waals surface area contributed by atoms with Crippen LogP contribution < -0.4 is 0 Å². The molecule has 24 heavy (non-hydrogen) atoms. The predicted octanol–water partition coefficient (Wildman–Crippen LogP) is 2.92. The van der Waals surface area contributed by atoms with Gasteiger partial charge in [-0.2, -0.15) is 0 Å². The maximum Gasteiger partial charge on any atom is 0.113 e. The molecule has 4 rings (SSSR count). The summed E-state index contributed by atoms with van der Waals surface area (Å²) in [4.78, 5) is 4.77. The van der Waals surface area contributed by atoms with Gasteiger partial charge in [0, 0.05) is 37.0 Å². The van der Waals surface area contributed by atoms with Gasteiger partial charge < -0.3 is 14.6 Å². The molecular weight excluding hydrogens is 298 g/mol. The number of likely N-dealkylation sites (N-methyl/N-ethyl adjacent to an activating group) is 1. The van der Waals surface area contributed by atoms with Gasteiger partial charge in [0.05, 0.1) is 17.1 Å². The van der Waals surface area contributed by atoms with Gasteiger partial charge in [-0.1, -0.05) is 36.4 Å². The third-order valence-corrected chi connectivity index (χ3v) is 5.23. The summed E-state index contributed by atoms with van der Waals surface area (Å²) in [6, 6.07) is 17.0. The molecule has 0 radical (unpaired) electrons. The molecule has 4 nitrogen and oxygen atoms in total. The lowest BCUT2D eigenvalue weighted by atomic mass is 10.2. The SMILES string of the molecule is CC(O)C(N1CCN(C)CC1)n1c2ccccc2c2ccccc21. The highest BCUT2D eigenvalue weighted by Crippen LogP contribution is 2.34. The molecule has 0 bridgehead atoms. The van der Waals surface area contributed by atoms with Crippen molar-refractivity contribution in [3.63, 3.8) is 0 Å². The van der Waals surface area contributed by atoms with E-state index in [1.54, 1.807) is 0 Å². The van der Waals surface area contributed by atoms with Gasteiger partial charge in [0.15, 0.2) is 0 Å². The third-order valence-electron chi connectivity index (χ3n) is 5.23. The van der Waals surface area contributed by atoms with Gasteiger partial charge in [-0.15, -0.1) is 0 Å². The average Bonchev–Trinajstić information content (AvgIpc) is 2.92. The highest BCUT2D eigenvalue weighted by molar-refractivity contribution is 6.08. The third kappa shape index (κ3) is 2.51. The molecule has 1 N–H and O–H groups in total. The van der Waals surface area contributed by atoms with Gasteiger partial charge >= 0.3 is 0 Å². The molecule has 0 aliphatic carbocycles. The minimum absolute atomic E-state index is 0.0384. The van der Waals surface area contributed by atoms with E-state index in [-0.39, 0.29) is 6.17 Å². The van der Waals surface area contributed by atoms with E-state index in [4.69, 9.17) is 0 Å². The molecule has 1 fully saturated rings. The van der Waals surface area contributed by atoms with Crippen LogP contribution in [0.3, 0.4) is 0 Å². The summed E-state index contributed by atoms with van der Waals surface area (Å²) in [5.41, 5.74) is 2.40. The van der Waals surface area contributed by atoms with Gasteiger partial charge in [-0.05, 0) is 26.1 Å². The number of aromatic nitrogens is 1. The number of hydrogen-bond acceptors (Lipinski definition) is 3. The largest absolute Gasteiger partial charge is 0.390 e. The van der Waals surface area contributed by atoms with Gasteiger partial charge in [-0.25, -0.2) is 0 Å². The van der Waals surface area contributed by atoms with Crippen molar-refractivity contribution in [1.29, 1.82) is 0 Å². The minimum atomic E-state index is -0.437. The van der Waals surface area contributed by atoms with Crippen LogP contribution in [0.15, 0.2) is 48.5 Å². The quantitative estimate of drug-likeness (QED) is 0.804. The van der Waals surface area contributed by atoms with Crippen molar-refractivity contribution in [3.8, 4) is 0 Å². The molecule has 2 aromatic carbocycles. The standard InChI is InChI=1S/C20H25N3O/c1-15(24)20(22-13-11-21(2)12-14-22)23-18-9-5-3-7-16(18)17-8-4-6-10-19(17)23/h3-10,15,20,24H,11-14H2,1-2H3. The summed E-state index contributed by atoms with van der Waals surface area (Å²) in [5, 5.41) is 13.2. The molecule has 126 valence electrons. The molecule has 1 aliphatic heterocycles. The van der Waals surface area contributed by atoms with Crippen LogP contribution in [-0.4, -0.2) is 58.8 Å². The molecule has 1 aliphatic rings. The maximum absolute atomic E-state index is 10.6. The molecule has 2 atom stereocenters. The van der Waals surface area contributed by atoms with Crippen molar-refractivity contribution in [2.75, 3.05) is 33.2 Å². The Labute approximate surface area is 142 Å². The number of para-hydroxylation sites is 2. The Morgan fingerprint density at radius 2 is 1.33 bits per heavy atom. The lowest BCUT2D eigenvalue weighted by Crippen LogP contribution is -2.49. The van der Waals surface area contributed by atoms with E-state index in [0.29, 0.717) is 0 Å². The summed E-state index contributed by atoms with van der Waals surface area (Å²) < 4.78 is 2.33. The van der Waals surface area contributed by atoms with Crippen molar-refractivity contribution in [3.05, 3.63) is 48.5 Å². The van der Waals surface area contributed by atoms with E-state index in [1.165, 1.54) is 21.8 Å². The molecule has 0 spiro atoms. The highest BCUT2D eigenvalue weighted by Gasteiger charge is 2.29. The second kappa shape index (κ2) is 6.20. The van der Waals surface area contributed by atoms with E-state index in [2.05, 4.69) is 69.9 Å². The van der Waals surface area contributed by atoms with Gasteiger partial charge in [-0.3, -0.25) is 4.90 Å². The van der Waals surface area contributed by atoms with Gasteiger partial charge in [0.1, 0.15) is 6.17 Å². The lowest BCUT2D eigenvalue weighted by Gasteiger charge is -2.40. The van der Waals surface area contributed by atoms with Gasteiger partial charge in [0.2, 0.25) is 0 Å². The van der Waals surface area contributed by atoms with E-state index in [1.807, 2.05) is 6.92 Å². The van der Waals surface area contributed by atoms with Crippen molar-refractivity contribution < 1.29 is 5.11 Å². The number of rotatable bonds is 3. The number of fused-ring (bicyclic) bond motifs is 3. The van der Waals surface area contributed by atoms with Crippen LogP contribution in [0.25, 0.3) is 21.8 Å². The van der Waals surface area contributed by atoms with E-state index in [9.17, 15) is 5.11 Å². The summed E-state index contributed by atoms with van der Waals surface area (Å²) >= 11 is 0. The topological polar surface area (TPSA) is 31.6 Å². The Morgan fingerprint density at radius 3 is 1.83 bits per heavy atom. The number of nitrogens with zero attached hydrogens (tertiary/aromatic N) is 3. The van der Waals surface area contributed by atoms with Crippen molar-refractivity contribution in [1.82, 2.24) is 14.4 Å². The first-order valence-electron chi connectivity index (χ1n) is 8.75. The Hall–Kier alpha value is -1.88. The monoisotopic (exact) mass is 323 g/mol. The van der Waals surface area contributed by atoms with Crippen LogP contribution in [0, 0.1) is 0 Å². The summed E-state index contributed by atoms with van der Waals surface area (Å²) in [6.07, 6.45) is -0.476. The first-order valence-corrected chi connectivity index (χ1v) is 8.75. The maximum atomic E-state index is 10.6. The predicted molar refractivity (Wildman–Crippen MR) is 99.2 cm³/mol. The Bertz CT molecular complexity index is 793.